The van der Waals surface area contributed by atoms with Gasteiger partial charge in [0.05, 0.1) is 10.6 Å². The normalized spacial score (nSPS) is 10.8. The molecule has 0 radical (unpaired) electrons. The smallest absolute Gasteiger partial charge is 0.328 e. The Bertz CT molecular complexity index is 789. The van der Waals surface area contributed by atoms with Crippen molar-refractivity contribution in [1.29, 1.82) is 0 Å². The maximum Gasteiger partial charge on any atom is 0.328 e. The minimum Gasteiger partial charge on any atom is -0.493 e. The number of non-ortho nitro benzene ring substituents is 1. The summed E-state index contributed by atoms with van der Waals surface area (Å²) in [6, 6.07) is 5.06. The third kappa shape index (κ3) is 2.75. The van der Waals surface area contributed by atoms with Crippen LogP contribution in [0.25, 0.3) is 0 Å². The van der Waals surface area contributed by atoms with E-state index in [2.05, 4.69) is 10.2 Å². The number of hydrogen-bond acceptors (Lipinski definition) is 7. The van der Waals surface area contributed by atoms with Crippen LogP contribution in [0.5, 0.6) is 5.88 Å². The fourth-order valence-electron chi connectivity index (χ4n) is 1.31. The molecule has 0 saturated carbocycles. The molecular formula is C10H7N5O5. The Labute approximate surface area is 109 Å². The molecule has 0 saturated heterocycles. The summed E-state index contributed by atoms with van der Waals surface area (Å²) in [4.78, 5) is 35.9. The average Bonchev–Trinajstić information content (AvgIpc) is 2.38. The molecule has 0 aliphatic heterocycles. The zero-order chi connectivity index (χ0) is 14.7. The fourth-order valence-corrected chi connectivity index (χ4v) is 1.31. The fraction of sp³-hybridized carbons (Fsp3) is 0. The second-order valence-corrected chi connectivity index (χ2v) is 3.58. The van der Waals surface area contributed by atoms with Crippen LogP contribution in [-0.4, -0.2) is 20.0 Å². The lowest BCUT2D eigenvalue weighted by molar-refractivity contribution is -0.384. The summed E-state index contributed by atoms with van der Waals surface area (Å²) in [6.45, 7) is 0. The van der Waals surface area contributed by atoms with Crippen LogP contribution < -0.4 is 11.2 Å². The monoisotopic (exact) mass is 277 g/mol. The summed E-state index contributed by atoms with van der Waals surface area (Å²) in [5.41, 5.74) is -2.13. The predicted molar refractivity (Wildman–Crippen MR) is 66.6 cm³/mol. The van der Waals surface area contributed by atoms with E-state index >= 15 is 0 Å². The number of benzene rings is 1. The van der Waals surface area contributed by atoms with Crippen LogP contribution in [-0.2, 0) is 0 Å². The maximum atomic E-state index is 11.3. The van der Waals surface area contributed by atoms with E-state index in [0.29, 0.717) is 0 Å². The van der Waals surface area contributed by atoms with Crippen molar-refractivity contribution in [2.45, 2.75) is 0 Å². The minimum atomic E-state index is -0.906. The molecule has 0 unspecified atom stereocenters. The number of azo groups is 1. The summed E-state index contributed by atoms with van der Waals surface area (Å²) in [6.07, 6.45) is 0. The highest BCUT2D eigenvalue weighted by Crippen LogP contribution is 2.22. The van der Waals surface area contributed by atoms with E-state index in [1.54, 1.807) is 0 Å². The molecule has 0 amide bonds. The number of nitrogens with zero attached hydrogens (tertiary/aromatic N) is 3. The lowest BCUT2D eigenvalue weighted by Gasteiger charge is -1.95. The molecule has 10 heteroatoms. The number of nitro groups is 1. The molecule has 2 aromatic rings. The van der Waals surface area contributed by atoms with Gasteiger partial charge >= 0.3 is 5.69 Å². The Morgan fingerprint density at radius 1 is 1.10 bits per heavy atom. The Kier molecular flexibility index (Phi) is 3.37. The first-order valence-electron chi connectivity index (χ1n) is 5.19. The molecule has 0 atom stereocenters. The van der Waals surface area contributed by atoms with Gasteiger partial charge in [0, 0.05) is 12.1 Å². The van der Waals surface area contributed by atoms with Gasteiger partial charge in [0.2, 0.25) is 11.6 Å². The van der Waals surface area contributed by atoms with Crippen molar-refractivity contribution in [2.24, 2.45) is 10.2 Å². The first kappa shape index (κ1) is 13.1. The largest absolute Gasteiger partial charge is 0.493 e. The van der Waals surface area contributed by atoms with Crippen LogP contribution in [0.4, 0.5) is 17.1 Å². The van der Waals surface area contributed by atoms with E-state index in [4.69, 9.17) is 0 Å². The molecule has 102 valence electrons. The summed E-state index contributed by atoms with van der Waals surface area (Å²) in [5, 5.41) is 26.9. The number of hydrogen-bond donors (Lipinski definition) is 3. The van der Waals surface area contributed by atoms with Gasteiger partial charge in [-0.1, -0.05) is 0 Å². The van der Waals surface area contributed by atoms with E-state index in [1.807, 2.05) is 9.97 Å². The molecule has 0 fully saturated rings. The van der Waals surface area contributed by atoms with Crippen molar-refractivity contribution in [3.63, 3.8) is 0 Å². The molecular weight excluding hydrogens is 270 g/mol. The molecule has 1 aromatic heterocycles. The zero-order valence-corrected chi connectivity index (χ0v) is 9.73. The van der Waals surface area contributed by atoms with Gasteiger partial charge in [0.25, 0.3) is 11.2 Å². The average molecular weight is 277 g/mol. The number of H-pyrrole nitrogens is 2. The van der Waals surface area contributed by atoms with Crippen molar-refractivity contribution in [3.05, 3.63) is 55.2 Å². The quantitative estimate of drug-likeness (QED) is 0.435. The van der Waals surface area contributed by atoms with Gasteiger partial charge in [0.1, 0.15) is 0 Å². The molecule has 10 nitrogen and oxygen atoms in total. The van der Waals surface area contributed by atoms with Crippen molar-refractivity contribution in [3.8, 4) is 5.88 Å². The van der Waals surface area contributed by atoms with Gasteiger partial charge in [-0.15, -0.1) is 5.11 Å². The molecule has 2 rings (SSSR count). The minimum absolute atomic E-state index is 0.117. The van der Waals surface area contributed by atoms with Gasteiger partial charge in [-0.05, 0) is 12.1 Å². The van der Waals surface area contributed by atoms with Crippen LogP contribution in [0.15, 0.2) is 44.1 Å². The number of nitrogens with one attached hydrogen (secondary N) is 2. The molecule has 20 heavy (non-hydrogen) atoms. The molecule has 1 heterocycles. The van der Waals surface area contributed by atoms with Crippen molar-refractivity contribution < 1.29 is 10.0 Å². The van der Waals surface area contributed by atoms with Crippen LogP contribution in [0.3, 0.4) is 0 Å². The summed E-state index contributed by atoms with van der Waals surface area (Å²) >= 11 is 0. The third-order valence-electron chi connectivity index (χ3n) is 2.22. The highest BCUT2D eigenvalue weighted by atomic mass is 16.6. The van der Waals surface area contributed by atoms with E-state index in [0.717, 1.165) is 0 Å². The molecule has 3 N–H and O–H groups in total. The van der Waals surface area contributed by atoms with Gasteiger partial charge in [-0.25, -0.2) is 4.79 Å². The summed E-state index contributed by atoms with van der Waals surface area (Å²) in [5.74, 6) is -0.718. The Balaban J connectivity index is 2.32. The molecule has 1 aromatic carbocycles. The number of aromatic hydroxyl groups is 1. The predicted octanol–water partition coefficient (Wildman–Crippen LogP) is 1.09. The molecule has 0 aliphatic carbocycles. The van der Waals surface area contributed by atoms with Crippen LogP contribution >= 0.6 is 0 Å². The SMILES string of the molecule is O=c1[nH]c(O)c(N=Nc2ccc([N+](=O)[O-])cc2)c(=O)[nH]1. The van der Waals surface area contributed by atoms with E-state index in [9.17, 15) is 24.8 Å². The van der Waals surface area contributed by atoms with E-state index in [1.165, 1.54) is 24.3 Å². The zero-order valence-electron chi connectivity index (χ0n) is 9.73. The second-order valence-electron chi connectivity index (χ2n) is 3.58. The van der Waals surface area contributed by atoms with Crippen LogP contribution in [0, 0.1) is 10.1 Å². The van der Waals surface area contributed by atoms with Gasteiger partial charge < -0.3 is 5.11 Å². The van der Waals surface area contributed by atoms with Gasteiger partial charge in [0.15, 0.2) is 0 Å². The van der Waals surface area contributed by atoms with Crippen LogP contribution in [0.2, 0.25) is 0 Å². The number of aromatic amines is 2. The van der Waals surface area contributed by atoms with Crippen LogP contribution in [0.1, 0.15) is 0 Å². The van der Waals surface area contributed by atoms with Crippen molar-refractivity contribution in [2.75, 3.05) is 0 Å². The molecule has 0 bridgehead atoms. The number of aromatic nitrogens is 2. The third-order valence-corrected chi connectivity index (χ3v) is 2.22. The Morgan fingerprint density at radius 3 is 2.30 bits per heavy atom. The second kappa shape index (κ2) is 5.14. The molecule has 0 spiro atoms. The standard InChI is InChI=1S/C10H7N5O5/c16-8-7(9(17)12-10(18)11-8)14-13-5-1-3-6(4-2-5)15(19)20/h1-4H,(H3,11,12,16,17,18). The van der Waals surface area contributed by atoms with E-state index in [-0.39, 0.29) is 11.4 Å². The highest BCUT2D eigenvalue weighted by molar-refractivity contribution is 5.46. The molecule has 0 aliphatic rings. The lowest BCUT2D eigenvalue weighted by atomic mass is 10.3. The van der Waals surface area contributed by atoms with Gasteiger partial charge in [-0.3, -0.25) is 24.9 Å². The van der Waals surface area contributed by atoms with Crippen molar-refractivity contribution >= 4 is 17.1 Å². The number of nitro benzene ring substituents is 1. The topological polar surface area (TPSA) is 154 Å². The first-order chi connectivity index (χ1) is 9.47. The van der Waals surface area contributed by atoms with Gasteiger partial charge in [-0.2, -0.15) is 5.11 Å². The first-order valence-corrected chi connectivity index (χ1v) is 5.19. The Hall–Kier alpha value is -3.30. The van der Waals surface area contributed by atoms with E-state index < -0.39 is 27.7 Å². The summed E-state index contributed by atoms with van der Waals surface area (Å²) in [7, 11) is 0. The Morgan fingerprint density at radius 2 is 1.75 bits per heavy atom. The van der Waals surface area contributed by atoms with Crippen molar-refractivity contribution in [1.82, 2.24) is 9.97 Å². The number of rotatable bonds is 3. The maximum absolute atomic E-state index is 11.3. The highest BCUT2D eigenvalue weighted by Gasteiger charge is 2.07. The summed E-state index contributed by atoms with van der Waals surface area (Å²) < 4.78 is 0. The lowest BCUT2D eigenvalue weighted by Crippen LogP contribution is -2.20.